The van der Waals surface area contributed by atoms with Gasteiger partial charge in [0.1, 0.15) is 0 Å². The van der Waals surface area contributed by atoms with E-state index in [1.54, 1.807) is 12.1 Å². The van der Waals surface area contributed by atoms with Gasteiger partial charge >= 0.3 is 5.97 Å². The molecule has 3 N–H and O–H groups in total. The lowest BCUT2D eigenvalue weighted by molar-refractivity contribution is -0.143. The maximum atomic E-state index is 12.5. The molecule has 1 aromatic carbocycles. The minimum Gasteiger partial charge on any atom is -0.481 e. The van der Waals surface area contributed by atoms with E-state index in [1.165, 1.54) is 0 Å². The maximum absolute atomic E-state index is 12.5. The first-order valence-electron chi connectivity index (χ1n) is 8.89. The van der Waals surface area contributed by atoms with Crippen LogP contribution in [-0.4, -0.2) is 28.9 Å². The highest BCUT2D eigenvalue weighted by Crippen LogP contribution is 2.30. The van der Waals surface area contributed by atoms with Gasteiger partial charge in [0.05, 0.1) is 5.92 Å². The van der Waals surface area contributed by atoms with Gasteiger partial charge in [-0.3, -0.25) is 14.4 Å². The Labute approximate surface area is 147 Å². The van der Waals surface area contributed by atoms with Crippen LogP contribution in [0.3, 0.4) is 0 Å². The van der Waals surface area contributed by atoms with Gasteiger partial charge < -0.3 is 15.7 Å². The molecule has 2 saturated carbocycles. The van der Waals surface area contributed by atoms with Gasteiger partial charge in [0.25, 0.3) is 5.91 Å². The first kappa shape index (κ1) is 17.5. The molecule has 0 aliphatic heterocycles. The van der Waals surface area contributed by atoms with Crippen molar-refractivity contribution in [3.8, 4) is 0 Å². The van der Waals surface area contributed by atoms with E-state index < -0.39 is 5.97 Å². The van der Waals surface area contributed by atoms with E-state index >= 15 is 0 Å². The molecule has 6 heteroatoms. The average Bonchev–Trinajstić information content (AvgIpc) is 3.40. The first-order chi connectivity index (χ1) is 11.9. The zero-order chi connectivity index (χ0) is 18.0. The average molecular weight is 344 g/mol. The second-order valence-electron chi connectivity index (χ2n) is 7.15. The number of aryl methyl sites for hydroxylation is 1. The van der Waals surface area contributed by atoms with Crippen molar-refractivity contribution in [3.63, 3.8) is 0 Å². The zero-order valence-electron chi connectivity index (χ0n) is 14.4. The molecular formula is C19H24N2O4. The van der Waals surface area contributed by atoms with Crippen molar-refractivity contribution in [2.75, 3.05) is 5.32 Å². The monoisotopic (exact) mass is 344 g/mol. The molecule has 0 spiro atoms. The number of nitrogens with one attached hydrogen (secondary N) is 2. The number of hydrogen-bond donors (Lipinski definition) is 3. The van der Waals surface area contributed by atoms with Crippen molar-refractivity contribution in [1.82, 2.24) is 5.32 Å². The lowest BCUT2D eigenvalue weighted by Gasteiger charge is -2.25. The summed E-state index contributed by atoms with van der Waals surface area (Å²) in [7, 11) is 0. The van der Waals surface area contributed by atoms with Crippen molar-refractivity contribution in [3.05, 3.63) is 29.3 Å². The van der Waals surface area contributed by atoms with Gasteiger partial charge in [0.15, 0.2) is 0 Å². The Morgan fingerprint density at radius 1 is 1.00 bits per heavy atom. The summed E-state index contributed by atoms with van der Waals surface area (Å²) in [6.07, 6.45) is 4.31. The number of carbonyl (C=O) groups excluding carboxylic acids is 2. The van der Waals surface area contributed by atoms with Crippen LogP contribution in [0.15, 0.2) is 18.2 Å². The van der Waals surface area contributed by atoms with E-state index in [-0.39, 0.29) is 29.7 Å². The Morgan fingerprint density at radius 3 is 2.24 bits per heavy atom. The highest BCUT2D eigenvalue weighted by Gasteiger charge is 2.30. The maximum Gasteiger partial charge on any atom is 0.306 e. The molecule has 0 radical (unpaired) electrons. The Morgan fingerprint density at radius 2 is 1.64 bits per heavy atom. The number of aliphatic carboxylic acids is 1. The largest absolute Gasteiger partial charge is 0.481 e. The molecule has 1 aromatic rings. The molecule has 0 heterocycles. The van der Waals surface area contributed by atoms with Gasteiger partial charge in [-0.25, -0.2) is 0 Å². The summed E-state index contributed by atoms with van der Waals surface area (Å²) >= 11 is 0. The molecule has 2 aliphatic carbocycles. The van der Waals surface area contributed by atoms with Crippen LogP contribution in [0.1, 0.15) is 54.4 Å². The molecule has 6 nitrogen and oxygen atoms in total. The van der Waals surface area contributed by atoms with Crippen LogP contribution in [0.25, 0.3) is 0 Å². The predicted octanol–water partition coefficient (Wildman–Crippen LogP) is 2.72. The smallest absolute Gasteiger partial charge is 0.306 e. The molecule has 2 amide bonds. The van der Waals surface area contributed by atoms with Crippen LogP contribution in [0.4, 0.5) is 5.69 Å². The summed E-state index contributed by atoms with van der Waals surface area (Å²) in [6, 6.07) is 5.60. The van der Waals surface area contributed by atoms with E-state index in [0.29, 0.717) is 36.9 Å². The Hall–Kier alpha value is -2.37. The van der Waals surface area contributed by atoms with Crippen LogP contribution in [0, 0.1) is 18.8 Å². The first-order valence-corrected chi connectivity index (χ1v) is 8.89. The van der Waals surface area contributed by atoms with Gasteiger partial charge in [-0.15, -0.1) is 0 Å². The highest BCUT2D eigenvalue weighted by atomic mass is 16.4. The lowest BCUT2D eigenvalue weighted by Crippen LogP contribution is -2.30. The fourth-order valence-corrected chi connectivity index (χ4v) is 3.23. The summed E-state index contributed by atoms with van der Waals surface area (Å²) in [4.78, 5) is 35.7. The van der Waals surface area contributed by atoms with E-state index in [9.17, 15) is 14.4 Å². The van der Waals surface area contributed by atoms with Crippen molar-refractivity contribution in [1.29, 1.82) is 0 Å². The zero-order valence-corrected chi connectivity index (χ0v) is 14.4. The second-order valence-corrected chi connectivity index (χ2v) is 7.15. The fourth-order valence-electron chi connectivity index (χ4n) is 3.23. The van der Waals surface area contributed by atoms with Crippen LogP contribution >= 0.6 is 0 Å². The number of carboxylic acid groups (broad SMARTS) is 1. The SMILES string of the molecule is Cc1ccc(C(=O)NC2CC2)cc1NC(=O)C1CCC(C(=O)O)CC1. The third-order valence-corrected chi connectivity index (χ3v) is 5.12. The summed E-state index contributed by atoms with van der Waals surface area (Å²) in [5.41, 5.74) is 2.09. The van der Waals surface area contributed by atoms with E-state index in [4.69, 9.17) is 5.11 Å². The predicted molar refractivity (Wildman–Crippen MR) is 93.4 cm³/mol. The minimum absolute atomic E-state index is 0.0910. The normalized spacial score (nSPS) is 22.9. The molecule has 3 rings (SSSR count). The van der Waals surface area contributed by atoms with Crippen molar-refractivity contribution in [2.24, 2.45) is 11.8 Å². The van der Waals surface area contributed by atoms with Gasteiger partial charge in [0, 0.05) is 23.2 Å². The molecule has 0 atom stereocenters. The number of hydrogen-bond acceptors (Lipinski definition) is 3. The van der Waals surface area contributed by atoms with E-state index in [0.717, 1.165) is 18.4 Å². The number of benzene rings is 1. The van der Waals surface area contributed by atoms with Crippen molar-refractivity contribution >= 4 is 23.5 Å². The Balaban J connectivity index is 1.62. The van der Waals surface area contributed by atoms with Crippen LogP contribution in [0.2, 0.25) is 0 Å². The van der Waals surface area contributed by atoms with Gasteiger partial charge in [-0.05, 0) is 63.1 Å². The van der Waals surface area contributed by atoms with Crippen molar-refractivity contribution < 1.29 is 19.5 Å². The quantitative estimate of drug-likeness (QED) is 0.765. The minimum atomic E-state index is -0.774. The van der Waals surface area contributed by atoms with E-state index in [1.807, 2.05) is 13.0 Å². The van der Waals surface area contributed by atoms with Crippen LogP contribution in [0.5, 0.6) is 0 Å². The molecule has 0 bridgehead atoms. The number of anilines is 1. The second kappa shape index (κ2) is 7.25. The number of amides is 2. The third-order valence-electron chi connectivity index (χ3n) is 5.12. The number of carbonyl (C=O) groups is 3. The third kappa shape index (κ3) is 4.38. The van der Waals surface area contributed by atoms with Gasteiger partial charge in [-0.2, -0.15) is 0 Å². The summed E-state index contributed by atoms with van der Waals surface area (Å²) in [5.74, 6) is -1.48. The molecule has 2 aliphatic rings. The molecule has 25 heavy (non-hydrogen) atoms. The highest BCUT2D eigenvalue weighted by molar-refractivity contribution is 5.98. The summed E-state index contributed by atoms with van der Waals surface area (Å²) in [6.45, 7) is 1.89. The van der Waals surface area contributed by atoms with Crippen LogP contribution in [-0.2, 0) is 9.59 Å². The Bertz CT molecular complexity index is 689. The lowest BCUT2D eigenvalue weighted by atomic mass is 9.81. The molecule has 134 valence electrons. The number of carboxylic acids is 1. The van der Waals surface area contributed by atoms with Crippen LogP contribution < -0.4 is 10.6 Å². The Kier molecular flexibility index (Phi) is 5.06. The summed E-state index contributed by atoms with van der Waals surface area (Å²) in [5, 5.41) is 14.9. The van der Waals surface area contributed by atoms with Gasteiger partial charge in [-0.1, -0.05) is 6.07 Å². The van der Waals surface area contributed by atoms with Crippen molar-refractivity contribution in [2.45, 2.75) is 51.5 Å². The van der Waals surface area contributed by atoms with Gasteiger partial charge in [0.2, 0.25) is 5.91 Å². The molecule has 0 saturated heterocycles. The molecular weight excluding hydrogens is 320 g/mol. The fraction of sp³-hybridized carbons (Fsp3) is 0.526. The standard InChI is InChI=1S/C19H24N2O4/c1-11-2-3-14(18(23)20-15-8-9-15)10-16(11)21-17(22)12-4-6-13(7-5-12)19(24)25/h2-3,10,12-13,15H,4-9H2,1H3,(H,20,23)(H,21,22)(H,24,25). The molecule has 0 aromatic heterocycles. The summed E-state index contributed by atoms with van der Waals surface area (Å²) < 4.78 is 0. The molecule has 2 fully saturated rings. The number of rotatable bonds is 5. The van der Waals surface area contributed by atoms with E-state index in [2.05, 4.69) is 10.6 Å². The molecule has 0 unspecified atom stereocenters. The topological polar surface area (TPSA) is 95.5 Å².